The molecule has 3 aromatic heterocycles. The van der Waals surface area contributed by atoms with Crippen molar-refractivity contribution in [2.75, 3.05) is 31.3 Å². The third-order valence-corrected chi connectivity index (χ3v) is 8.69. The second-order valence-electron chi connectivity index (χ2n) is 9.35. The molecular formula is C28H27N5O3S2. The molecular weight excluding hydrogens is 518 g/mol. The fourth-order valence-electron chi connectivity index (χ4n) is 4.82. The van der Waals surface area contributed by atoms with Crippen LogP contribution in [-0.2, 0) is 9.59 Å². The summed E-state index contributed by atoms with van der Waals surface area (Å²) in [4.78, 5) is 39.1. The second-order valence-corrected chi connectivity index (χ2v) is 11.3. The zero-order valence-corrected chi connectivity index (χ0v) is 22.6. The SMILES string of the molecule is CC1=CC(=O)N(N(c2ccc(-c3cccc(OCCN4CCCCC4)c3)s2)c2ncnc3sccc23)C1=O. The summed E-state index contributed by atoms with van der Waals surface area (Å²) in [6.07, 6.45) is 6.69. The second kappa shape index (κ2) is 10.6. The van der Waals surface area contributed by atoms with E-state index in [1.54, 1.807) is 11.9 Å². The summed E-state index contributed by atoms with van der Waals surface area (Å²) in [5, 5.41) is 6.18. The third-order valence-electron chi connectivity index (χ3n) is 6.76. The maximum absolute atomic E-state index is 13.1. The van der Waals surface area contributed by atoms with E-state index in [9.17, 15) is 9.59 Å². The fourth-order valence-corrected chi connectivity index (χ4v) is 6.54. The van der Waals surface area contributed by atoms with E-state index in [2.05, 4.69) is 14.9 Å². The lowest BCUT2D eigenvalue weighted by Crippen LogP contribution is -2.44. The number of ether oxygens (including phenoxy) is 1. The number of hydrogen-bond donors (Lipinski definition) is 0. The van der Waals surface area contributed by atoms with E-state index >= 15 is 0 Å². The normalized spacial score (nSPS) is 16.3. The minimum Gasteiger partial charge on any atom is -0.492 e. The molecule has 0 radical (unpaired) electrons. The summed E-state index contributed by atoms with van der Waals surface area (Å²) < 4.78 is 6.09. The molecule has 6 rings (SSSR count). The van der Waals surface area contributed by atoms with Gasteiger partial charge >= 0.3 is 0 Å². The number of piperidine rings is 1. The highest BCUT2D eigenvalue weighted by molar-refractivity contribution is 7.19. The number of hydrazine groups is 1. The van der Waals surface area contributed by atoms with E-state index in [0.717, 1.165) is 51.0 Å². The van der Waals surface area contributed by atoms with Gasteiger partial charge in [-0.25, -0.2) is 15.0 Å². The average molecular weight is 546 g/mol. The van der Waals surface area contributed by atoms with Gasteiger partial charge in [-0.15, -0.1) is 22.7 Å². The first-order valence-electron chi connectivity index (χ1n) is 12.7. The number of rotatable bonds is 8. The van der Waals surface area contributed by atoms with Crippen LogP contribution in [0.4, 0.5) is 10.8 Å². The lowest BCUT2D eigenvalue weighted by atomic mass is 10.1. The topological polar surface area (TPSA) is 78.9 Å². The standard InChI is InChI=1S/C28H27N5O3S2/c1-19-16-24(34)32(28(19)35)33(26-22-10-15-37-27(22)30-18-29-26)25-9-8-23(38-25)20-6-5-7-21(17-20)36-14-13-31-11-3-2-4-12-31/h5-10,15-18H,2-4,11-14H2,1H3. The van der Waals surface area contributed by atoms with Crippen molar-refractivity contribution in [2.24, 2.45) is 0 Å². The Morgan fingerprint density at radius 3 is 2.74 bits per heavy atom. The first-order valence-corrected chi connectivity index (χ1v) is 14.4. The number of likely N-dealkylation sites (tertiary alicyclic amines) is 1. The predicted molar refractivity (Wildman–Crippen MR) is 151 cm³/mol. The van der Waals surface area contributed by atoms with Crippen molar-refractivity contribution in [3.63, 3.8) is 0 Å². The summed E-state index contributed by atoms with van der Waals surface area (Å²) >= 11 is 2.97. The van der Waals surface area contributed by atoms with Gasteiger partial charge in [0.1, 0.15) is 28.5 Å². The Labute approximate surface area is 228 Å². The van der Waals surface area contributed by atoms with Gasteiger partial charge in [-0.2, -0.15) is 5.01 Å². The van der Waals surface area contributed by atoms with Crippen molar-refractivity contribution >= 4 is 55.5 Å². The molecule has 1 saturated heterocycles. The maximum Gasteiger partial charge on any atom is 0.276 e. The van der Waals surface area contributed by atoms with Crippen LogP contribution in [0.2, 0.25) is 0 Å². The first kappa shape index (κ1) is 24.7. The molecule has 0 atom stereocenters. The van der Waals surface area contributed by atoms with Crippen LogP contribution >= 0.6 is 22.7 Å². The van der Waals surface area contributed by atoms with Crippen LogP contribution < -0.4 is 9.75 Å². The van der Waals surface area contributed by atoms with Crippen molar-refractivity contribution in [3.05, 3.63) is 65.8 Å². The number of imide groups is 1. The van der Waals surface area contributed by atoms with Crippen molar-refractivity contribution < 1.29 is 14.3 Å². The van der Waals surface area contributed by atoms with Gasteiger partial charge in [-0.3, -0.25) is 14.5 Å². The van der Waals surface area contributed by atoms with Gasteiger partial charge in [-0.1, -0.05) is 18.6 Å². The molecule has 2 aliphatic rings. The van der Waals surface area contributed by atoms with Crippen molar-refractivity contribution in [1.82, 2.24) is 19.9 Å². The highest BCUT2D eigenvalue weighted by Gasteiger charge is 2.37. The Morgan fingerprint density at radius 1 is 1.05 bits per heavy atom. The number of anilines is 2. The molecule has 4 aromatic rings. The Morgan fingerprint density at radius 2 is 1.92 bits per heavy atom. The third kappa shape index (κ3) is 4.82. The molecule has 0 saturated carbocycles. The molecule has 5 heterocycles. The van der Waals surface area contributed by atoms with Crippen LogP contribution in [0.5, 0.6) is 5.75 Å². The number of carbonyl (C=O) groups is 2. The van der Waals surface area contributed by atoms with Crippen molar-refractivity contribution in [3.8, 4) is 16.2 Å². The minimum absolute atomic E-state index is 0.365. The molecule has 38 heavy (non-hydrogen) atoms. The number of carbonyl (C=O) groups excluding carboxylic acids is 2. The maximum atomic E-state index is 13.1. The van der Waals surface area contributed by atoms with Gasteiger partial charge in [0.05, 0.1) is 5.39 Å². The lowest BCUT2D eigenvalue weighted by Gasteiger charge is -2.30. The van der Waals surface area contributed by atoms with E-state index in [1.807, 2.05) is 47.8 Å². The van der Waals surface area contributed by atoms with Crippen LogP contribution in [-0.4, -0.2) is 57.9 Å². The summed E-state index contributed by atoms with van der Waals surface area (Å²) in [7, 11) is 0. The molecule has 0 aliphatic carbocycles. The highest BCUT2D eigenvalue weighted by atomic mass is 32.1. The number of hydrogen-bond acceptors (Lipinski definition) is 9. The van der Waals surface area contributed by atoms with Gasteiger partial charge in [-0.05, 0) is 74.1 Å². The summed E-state index contributed by atoms with van der Waals surface area (Å²) in [5.74, 6) is 0.556. The number of thiophene rings is 2. The van der Waals surface area contributed by atoms with Gasteiger partial charge in [0.2, 0.25) is 0 Å². The molecule has 0 N–H and O–H groups in total. The Kier molecular flexibility index (Phi) is 6.92. The summed E-state index contributed by atoms with van der Waals surface area (Å²) in [6.45, 7) is 5.54. The largest absolute Gasteiger partial charge is 0.492 e. The number of fused-ring (bicyclic) bond motifs is 1. The Bertz CT molecular complexity index is 1520. The molecule has 8 nitrogen and oxygen atoms in total. The molecule has 2 aliphatic heterocycles. The van der Waals surface area contributed by atoms with Gasteiger partial charge in [0, 0.05) is 23.1 Å². The Hall–Kier alpha value is -3.60. The van der Waals surface area contributed by atoms with Crippen molar-refractivity contribution in [1.29, 1.82) is 0 Å². The van der Waals surface area contributed by atoms with Crippen LogP contribution in [0, 0.1) is 0 Å². The monoisotopic (exact) mass is 545 g/mol. The van der Waals surface area contributed by atoms with E-state index < -0.39 is 5.91 Å². The number of nitrogens with zero attached hydrogens (tertiary/aromatic N) is 5. The smallest absolute Gasteiger partial charge is 0.276 e. The van der Waals surface area contributed by atoms with Crippen LogP contribution in [0.3, 0.4) is 0 Å². The highest BCUT2D eigenvalue weighted by Crippen LogP contribution is 2.41. The first-order chi connectivity index (χ1) is 18.6. The van der Waals surface area contributed by atoms with E-state index in [-0.39, 0.29) is 5.91 Å². The quantitative estimate of drug-likeness (QED) is 0.265. The zero-order chi connectivity index (χ0) is 26.1. The molecule has 0 spiro atoms. The summed E-state index contributed by atoms with van der Waals surface area (Å²) in [5.41, 5.74) is 1.40. The molecule has 1 fully saturated rings. The molecule has 194 valence electrons. The van der Waals surface area contributed by atoms with Gasteiger partial charge < -0.3 is 4.74 Å². The number of aromatic nitrogens is 2. The molecule has 2 amide bonds. The van der Waals surface area contributed by atoms with Crippen molar-refractivity contribution in [2.45, 2.75) is 26.2 Å². The molecule has 1 aromatic carbocycles. The predicted octanol–water partition coefficient (Wildman–Crippen LogP) is 5.65. The Balaban J connectivity index is 1.28. The van der Waals surface area contributed by atoms with Crippen LogP contribution in [0.15, 0.2) is 65.8 Å². The van der Waals surface area contributed by atoms with Crippen LogP contribution in [0.1, 0.15) is 26.2 Å². The van der Waals surface area contributed by atoms with E-state index in [4.69, 9.17) is 4.74 Å². The number of amides is 2. The van der Waals surface area contributed by atoms with E-state index in [1.165, 1.54) is 54.3 Å². The minimum atomic E-state index is -0.395. The van der Waals surface area contributed by atoms with E-state index in [0.29, 0.717) is 23.0 Å². The lowest BCUT2D eigenvalue weighted by molar-refractivity contribution is -0.137. The average Bonchev–Trinajstić information content (AvgIpc) is 3.67. The molecule has 0 unspecified atom stereocenters. The zero-order valence-electron chi connectivity index (χ0n) is 21.0. The van der Waals surface area contributed by atoms with Crippen LogP contribution in [0.25, 0.3) is 20.7 Å². The van der Waals surface area contributed by atoms with Gasteiger partial charge in [0.25, 0.3) is 11.8 Å². The van der Waals surface area contributed by atoms with Gasteiger partial charge in [0.15, 0.2) is 5.82 Å². The number of benzene rings is 1. The summed E-state index contributed by atoms with van der Waals surface area (Å²) in [6, 6.07) is 13.9. The molecule has 10 heteroatoms. The fraction of sp³-hybridized carbons (Fsp3) is 0.286. The molecule has 0 bridgehead atoms.